The van der Waals surface area contributed by atoms with Crippen molar-refractivity contribution in [1.29, 1.82) is 0 Å². The van der Waals surface area contributed by atoms with E-state index in [1.54, 1.807) is 24.3 Å². The third-order valence-electron chi connectivity index (χ3n) is 2.91. The van der Waals surface area contributed by atoms with Crippen LogP contribution in [0.2, 0.25) is 5.02 Å². The lowest BCUT2D eigenvalue weighted by molar-refractivity contribution is -0.410. The van der Waals surface area contributed by atoms with Crippen molar-refractivity contribution in [3.05, 3.63) is 73.8 Å². The normalized spacial score (nSPS) is 12.9. The van der Waals surface area contributed by atoms with Crippen LogP contribution in [0.5, 0.6) is 11.5 Å². The summed E-state index contributed by atoms with van der Waals surface area (Å²) >= 11 is 3.87. The average Bonchev–Trinajstić information content (AvgIpc) is 2.50. The van der Waals surface area contributed by atoms with Crippen molar-refractivity contribution < 1.29 is 19.7 Å². The molecular formula is C15H12ClNO5S. The fourth-order valence-electron chi connectivity index (χ4n) is 1.78. The fraction of sp³-hybridized carbons (Fsp3) is 0.0667. The monoisotopic (exact) mass is 353 g/mol. The Hall–Kier alpha value is -2.22. The van der Waals surface area contributed by atoms with Crippen LogP contribution in [0.25, 0.3) is 6.08 Å². The Morgan fingerprint density at radius 3 is 2.39 bits per heavy atom. The lowest BCUT2D eigenvalue weighted by Crippen LogP contribution is -2.14. The second kappa shape index (κ2) is 7.36. The second-order valence-corrected chi connectivity index (χ2v) is 6.44. The zero-order chi connectivity index (χ0) is 17.0. The van der Waals surface area contributed by atoms with Gasteiger partial charge in [0.15, 0.2) is 11.5 Å². The van der Waals surface area contributed by atoms with E-state index in [2.05, 4.69) is 0 Å². The molecule has 0 saturated carbocycles. The molecule has 0 aromatic heterocycles. The molecule has 0 saturated heterocycles. The summed E-state index contributed by atoms with van der Waals surface area (Å²) < 4.78 is 12.3. The van der Waals surface area contributed by atoms with Crippen LogP contribution < -0.4 is 0 Å². The van der Waals surface area contributed by atoms with Crippen molar-refractivity contribution >= 4 is 28.9 Å². The highest BCUT2D eigenvalue weighted by Gasteiger charge is 2.27. The minimum atomic E-state index is -1.88. The molecule has 1 atom stereocenters. The summed E-state index contributed by atoms with van der Waals surface area (Å²) in [5, 5.41) is 29.8. The molecule has 8 heteroatoms. The highest BCUT2D eigenvalue weighted by Crippen LogP contribution is 2.27. The van der Waals surface area contributed by atoms with E-state index >= 15 is 0 Å². The topological polar surface area (TPSA) is 107 Å². The molecule has 0 aliphatic rings. The highest BCUT2D eigenvalue weighted by atomic mass is 35.5. The van der Waals surface area contributed by atoms with E-state index < -0.39 is 26.9 Å². The lowest BCUT2D eigenvalue weighted by Gasteiger charge is -2.07. The van der Waals surface area contributed by atoms with Crippen LogP contribution in [0.3, 0.4) is 0 Å². The fourth-order valence-corrected chi connectivity index (χ4v) is 2.98. The van der Waals surface area contributed by atoms with E-state index in [0.717, 1.165) is 12.1 Å². The van der Waals surface area contributed by atoms with Crippen molar-refractivity contribution in [3.63, 3.8) is 0 Å². The Bertz CT molecular complexity index is 748. The number of halogens is 1. The van der Waals surface area contributed by atoms with Gasteiger partial charge in [0.05, 0.1) is 17.3 Å². The molecule has 23 heavy (non-hydrogen) atoms. The number of phenols is 2. The largest absolute Gasteiger partial charge is 0.606 e. The van der Waals surface area contributed by atoms with Crippen molar-refractivity contribution in [2.24, 2.45) is 0 Å². The molecule has 0 amide bonds. The molecule has 0 aliphatic heterocycles. The van der Waals surface area contributed by atoms with Gasteiger partial charge in [0.25, 0.3) is 0 Å². The maximum Gasteiger partial charge on any atom is 0.441 e. The molecule has 0 spiro atoms. The average molecular weight is 354 g/mol. The second-order valence-electron chi connectivity index (χ2n) is 4.60. The summed E-state index contributed by atoms with van der Waals surface area (Å²) in [5.74, 6) is -0.786. The summed E-state index contributed by atoms with van der Waals surface area (Å²) in [6.07, 6.45) is 1.10. The van der Waals surface area contributed by atoms with Crippen LogP contribution in [0.15, 0.2) is 47.5 Å². The molecule has 2 N–H and O–H groups in total. The maximum atomic E-state index is 12.3. The van der Waals surface area contributed by atoms with Crippen LogP contribution >= 0.6 is 11.6 Å². The number of hydrogen-bond donors (Lipinski definition) is 2. The first kappa shape index (κ1) is 17.1. The van der Waals surface area contributed by atoms with Gasteiger partial charge in [-0.3, -0.25) is 10.1 Å². The highest BCUT2D eigenvalue weighted by molar-refractivity contribution is 7.94. The van der Waals surface area contributed by atoms with Gasteiger partial charge in [-0.1, -0.05) is 29.8 Å². The Labute approximate surface area is 140 Å². The molecule has 6 nitrogen and oxygen atoms in total. The van der Waals surface area contributed by atoms with Crippen molar-refractivity contribution in [2.75, 3.05) is 0 Å². The summed E-state index contributed by atoms with van der Waals surface area (Å²) in [5.41, 5.74) is 0.908. The van der Waals surface area contributed by atoms with Gasteiger partial charge in [-0.15, -0.1) is 0 Å². The smallest absolute Gasteiger partial charge is 0.441 e. The van der Waals surface area contributed by atoms with Crippen LogP contribution in [0, 0.1) is 10.1 Å². The van der Waals surface area contributed by atoms with E-state index in [1.165, 1.54) is 12.1 Å². The Morgan fingerprint density at radius 1 is 1.17 bits per heavy atom. The first-order valence-electron chi connectivity index (χ1n) is 6.37. The summed E-state index contributed by atoms with van der Waals surface area (Å²) in [6.45, 7) is 0. The van der Waals surface area contributed by atoms with Crippen LogP contribution in [-0.4, -0.2) is 19.7 Å². The third kappa shape index (κ3) is 4.62. The van der Waals surface area contributed by atoms with E-state index in [-0.39, 0.29) is 17.1 Å². The molecular weight excluding hydrogens is 342 g/mol. The quantitative estimate of drug-likeness (QED) is 0.371. The van der Waals surface area contributed by atoms with Gasteiger partial charge in [0, 0.05) is 10.6 Å². The first-order chi connectivity index (χ1) is 10.9. The van der Waals surface area contributed by atoms with Crippen molar-refractivity contribution in [2.45, 2.75) is 5.75 Å². The number of phenolic OH excluding ortho intramolecular Hbond substituents is 2. The molecule has 0 bridgehead atoms. The predicted molar refractivity (Wildman–Crippen MR) is 88.0 cm³/mol. The van der Waals surface area contributed by atoms with Gasteiger partial charge in [-0.25, -0.2) is 0 Å². The zero-order valence-corrected chi connectivity index (χ0v) is 13.3. The standard InChI is InChI=1S/C15H12ClNO5S/c16-12-4-1-10(2-5-12)9-23(22)15(17(20)21)8-11-3-6-13(18)14(19)7-11/h1-8,18-19H,9H2/b15-8-. The number of rotatable bonds is 5. The van der Waals surface area contributed by atoms with E-state index in [1.807, 2.05) is 0 Å². The van der Waals surface area contributed by atoms with Gasteiger partial charge < -0.3 is 14.8 Å². The van der Waals surface area contributed by atoms with Gasteiger partial charge in [-0.05, 0) is 29.8 Å². The SMILES string of the molecule is O=[N+]([O-])/C(=C/c1ccc(O)c(O)c1)[S+]([O-])Cc1ccc(Cl)cc1. The molecule has 120 valence electrons. The van der Waals surface area contributed by atoms with Crippen molar-refractivity contribution in [3.8, 4) is 11.5 Å². The predicted octanol–water partition coefficient (Wildman–Crippen LogP) is 3.28. The van der Waals surface area contributed by atoms with Gasteiger partial charge >= 0.3 is 5.03 Å². The number of hydrogen-bond acceptors (Lipinski definition) is 5. The molecule has 1 unspecified atom stereocenters. The van der Waals surface area contributed by atoms with Crippen LogP contribution in [0.1, 0.15) is 11.1 Å². The number of benzene rings is 2. The van der Waals surface area contributed by atoms with Gasteiger partial charge in [-0.2, -0.15) is 0 Å². The molecule has 0 aliphatic carbocycles. The summed E-state index contributed by atoms with van der Waals surface area (Å²) in [7, 11) is 0. The maximum absolute atomic E-state index is 12.3. The van der Waals surface area contributed by atoms with Crippen LogP contribution in [0.4, 0.5) is 0 Å². The molecule has 0 fully saturated rings. The Kier molecular flexibility index (Phi) is 5.49. The van der Waals surface area contributed by atoms with Gasteiger partial charge in [0.2, 0.25) is 0 Å². The minimum absolute atomic E-state index is 0.0337. The van der Waals surface area contributed by atoms with Gasteiger partial charge in [0.1, 0.15) is 10.7 Å². The first-order valence-corrected chi connectivity index (χ1v) is 8.07. The van der Waals surface area contributed by atoms with Crippen molar-refractivity contribution in [1.82, 2.24) is 0 Å². The number of aromatic hydroxyl groups is 2. The number of nitro groups is 1. The minimum Gasteiger partial charge on any atom is -0.606 e. The zero-order valence-electron chi connectivity index (χ0n) is 11.7. The van der Waals surface area contributed by atoms with E-state index in [9.17, 15) is 24.9 Å². The summed E-state index contributed by atoms with van der Waals surface area (Å²) in [4.78, 5) is 10.4. The molecule has 0 radical (unpaired) electrons. The molecule has 2 aromatic rings. The molecule has 0 heterocycles. The Morgan fingerprint density at radius 2 is 1.83 bits per heavy atom. The molecule has 2 aromatic carbocycles. The van der Waals surface area contributed by atoms with Crippen LogP contribution in [-0.2, 0) is 16.9 Å². The number of nitrogens with zero attached hydrogens (tertiary/aromatic N) is 1. The Balaban J connectivity index is 2.26. The molecule has 2 rings (SSSR count). The van der Waals surface area contributed by atoms with E-state index in [4.69, 9.17) is 11.6 Å². The van der Waals surface area contributed by atoms with E-state index in [0.29, 0.717) is 10.6 Å². The third-order valence-corrected chi connectivity index (χ3v) is 4.49. The lowest BCUT2D eigenvalue weighted by atomic mass is 10.2. The summed E-state index contributed by atoms with van der Waals surface area (Å²) in [6, 6.07) is 10.2.